The van der Waals surface area contributed by atoms with Gasteiger partial charge in [-0.1, -0.05) is 13.8 Å². The van der Waals surface area contributed by atoms with E-state index in [1.807, 2.05) is 20.9 Å². The fourth-order valence-electron chi connectivity index (χ4n) is 1.31. The van der Waals surface area contributed by atoms with Gasteiger partial charge >= 0.3 is 0 Å². The Balaban J connectivity index is -0.000000375. The highest BCUT2D eigenvalue weighted by Crippen LogP contribution is 1.90. The molecule has 3 N–H and O–H groups in total. The fourth-order valence-corrected chi connectivity index (χ4v) is 1.31. The lowest BCUT2D eigenvalue weighted by atomic mass is 10.2. The summed E-state index contributed by atoms with van der Waals surface area (Å²) in [6.07, 6.45) is 3.43. The molecule has 0 unspecified atom stereocenters. The van der Waals surface area contributed by atoms with Gasteiger partial charge in [0, 0.05) is 16.7 Å². The number of rotatable bonds is 10. The molecule has 0 saturated heterocycles. The molecule has 0 aromatic heterocycles. The molecule has 0 fully saturated rings. The Morgan fingerprint density at radius 2 is 1.69 bits per heavy atom. The summed E-state index contributed by atoms with van der Waals surface area (Å²) in [7, 11) is 1.98. The van der Waals surface area contributed by atoms with E-state index < -0.39 is 0 Å². The first kappa shape index (κ1) is 15.4. The quantitative estimate of drug-likeness (QED) is 0.503. The number of hydrogen-bond acceptors (Lipinski definition) is 3. The summed E-state index contributed by atoms with van der Waals surface area (Å²) in [6, 6.07) is 0. The van der Waals surface area contributed by atoms with Crippen molar-refractivity contribution in [1.29, 1.82) is 0 Å². The summed E-state index contributed by atoms with van der Waals surface area (Å²) >= 11 is 0. The number of nitrogens with one attached hydrogen (secondary N) is 3. The summed E-state index contributed by atoms with van der Waals surface area (Å²) in [6.45, 7) is 7.75. The van der Waals surface area contributed by atoms with E-state index in [1.165, 1.54) is 12.8 Å². The molecule has 102 valence electrons. The Morgan fingerprint density at radius 3 is 2.31 bits per heavy atom. The van der Waals surface area contributed by atoms with Crippen molar-refractivity contribution in [1.82, 2.24) is 16.0 Å². The summed E-state index contributed by atoms with van der Waals surface area (Å²) in [5, 5.41) is 9.40. The topological polar surface area (TPSA) is 53.2 Å². The van der Waals surface area contributed by atoms with Crippen molar-refractivity contribution >= 4 is 5.91 Å². The molecule has 4 heteroatoms. The molecule has 0 radical (unpaired) electrons. The molecule has 0 aromatic rings. The maximum atomic E-state index is 11.2. The van der Waals surface area contributed by atoms with Gasteiger partial charge in [-0.15, -0.1) is 0 Å². The molecule has 0 aromatic carbocycles. The van der Waals surface area contributed by atoms with Crippen LogP contribution < -0.4 is 16.0 Å². The molecule has 0 heterocycles. The zero-order valence-electron chi connectivity index (χ0n) is 10.9. The van der Waals surface area contributed by atoms with Crippen molar-refractivity contribution in [2.24, 2.45) is 5.92 Å². The highest BCUT2D eigenvalue weighted by molar-refractivity contribution is 5.77. The van der Waals surface area contributed by atoms with Crippen molar-refractivity contribution < 1.29 is 9.07 Å². The summed E-state index contributed by atoms with van der Waals surface area (Å²) in [5.74, 6) is 0.239. The van der Waals surface area contributed by atoms with Crippen molar-refractivity contribution in [2.75, 3.05) is 33.2 Å². The molecule has 0 saturated carbocycles. The van der Waals surface area contributed by atoms with Crippen molar-refractivity contribution in [3.8, 4) is 0 Å². The van der Waals surface area contributed by atoms with Gasteiger partial charge < -0.3 is 16.0 Å². The summed E-state index contributed by atoms with van der Waals surface area (Å²) < 4.78 is 0. The number of carbonyl (C=O) groups excluding carboxylic acids is 1. The minimum absolute atomic E-state index is 0. The van der Waals surface area contributed by atoms with Crippen LogP contribution in [0.1, 0.15) is 37.4 Å². The van der Waals surface area contributed by atoms with Gasteiger partial charge in [0.2, 0.25) is 5.91 Å². The van der Waals surface area contributed by atoms with Crippen LogP contribution in [0.15, 0.2) is 0 Å². The van der Waals surface area contributed by atoms with Gasteiger partial charge in [0.05, 0.1) is 0 Å². The first-order chi connectivity index (χ1) is 7.68. The van der Waals surface area contributed by atoms with E-state index in [2.05, 4.69) is 16.0 Å². The summed E-state index contributed by atoms with van der Waals surface area (Å²) in [5.41, 5.74) is 0. The van der Waals surface area contributed by atoms with Crippen LogP contribution in [0.25, 0.3) is 0 Å². The molecule has 1 amide bonds. The Hall–Kier alpha value is -0.610. The third-order valence-electron chi connectivity index (χ3n) is 2.38. The zero-order chi connectivity index (χ0) is 12.2. The second kappa shape index (κ2) is 10.9. The van der Waals surface area contributed by atoms with Crippen molar-refractivity contribution in [2.45, 2.75) is 33.1 Å². The molecule has 16 heavy (non-hydrogen) atoms. The van der Waals surface area contributed by atoms with E-state index in [9.17, 15) is 4.79 Å². The number of carbonyl (C=O) groups is 1. The Morgan fingerprint density at radius 1 is 1.06 bits per heavy atom. The molecule has 0 rings (SSSR count). The van der Waals surface area contributed by atoms with Crippen molar-refractivity contribution in [3.63, 3.8) is 0 Å². The monoisotopic (exact) mass is 235 g/mol. The summed E-state index contributed by atoms with van der Waals surface area (Å²) in [4.78, 5) is 11.2. The van der Waals surface area contributed by atoms with Gasteiger partial charge in [0.25, 0.3) is 0 Å². The van der Waals surface area contributed by atoms with Crippen LogP contribution in [0.3, 0.4) is 0 Å². The zero-order valence-corrected chi connectivity index (χ0v) is 10.9. The van der Waals surface area contributed by atoms with Gasteiger partial charge in [0.1, 0.15) is 0 Å². The van der Waals surface area contributed by atoms with Crippen LogP contribution >= 0.6 is 0 Å². The van der Waals surface area contributed by atoms with E-state index in [4.69, 9.17) is 0 Å². The highest BCUT2D eigenvalue weighted by Gasteiger charge is 2.04. The normalized spacial score (nSPS) is 10.8. The minimum Gasteiger partial charge on any atom is -0.356 e. The lowest BCUT2D eigenvalue weighted by molar-refractivity contribution is -0.123. The lowest BCUT2D eigenvalue weighted by Crippen LogP contribution is -2.30. The molecule has 0 spiro atoms. The van der Waals surface area contributed by atoms with Gasteiger partial charge in [-0.2, -0.15) is 0 Å². The van der Waals surface area contributed by atoms with Crippen molar-refractivity contribution in [3.05, 3.63) is 0 Å². The van der Waals surface area contributed by atoms with Gasteiger partial charge in [0.15, 0.2) is 0 Å². The van der Waals surface area contributed by atoms with Crippen LogP contribution in [0.4, 0.5) is 0 Å². The van der Waals surface area contributed by atoms with E-state index in [0.717, 1.165) is 32.6 Å². The number of unbranched alkanes of at least 4 members (excludes halogenated alkanes) is 1. The average Bonchev–Trinajstić information content (AvgIpc) is 2.26. The van der Waals surface area contributed by atoms with E-state index in [-0.39, 0.29) is 16.1 Å². The maximum Gasteiger partial charge on any atom is 0.222 e. The number of hydrogen-bond donors (Lipinski definition) is 3. The van der Waals surface area contributed by atoms with Crippen LogP contribution in [0.2, 0.25) is 0 Å². The van der Waals surface area contributed by atoms with Gasteiger partial charge in [-0.05, 0) is 45.9 Å². The first-order valence-electron chi connectivity index (χ1n) is 6.31. The lowest BCUT2D eigenvalue weighted by Gasteiger charge is -2.08. The van der Waals surface area contributed by atoms with E-state index in [0.29, 0.717) is 0 Å². The highest BCUT2D eigenvalue weighted by atomic mass is 16.1. The second-order valence-electron chi connectivity index (χ2n) is 4.36. The predicted octanol–water partition coefficient (Wildman–Crippen LogP) is 1.48. The molecular formula is C12H33N3O. The van der Waals surface area contributed by atoms with Gasteiger partial charge in [-0.25, -0.2) is 0 Å². The standard InChI is InChI=1S/C12H27N3O.3H2/c1-11(2)12(16)15-10-6-9-14-8-5-4-7-13-3;;;/h11,13-14H,4-10H2,1-3H3,(H,15,16);3*1H. The molecular weight excluding hydrogens is 202 g/mol. The largest absolute Gasteiger partial charge is 0.356 e. The second-order valence-corrected chi connectivity index (χ2v) is 4.36. The molecule has 0 aliphatic carbocycles. The molecule has 0 aliphatic rings. The first-order valence-corrected chi connectivity index (χ1v) is 6.31. The molecule has 4 nitrogen and oxygen atoms in total. The van der Waals surface area contributed by atoms with Crippen LogP contribution in [-0.2, 0) is 4.79 Å². The van der Waals surface area contributed by atoms with Crippen LogP contribution in [-0.4, -0.2) is 39.1 Å². The fraction of sp³-hybridized carbons (Fsp3) is 0.917. The third-order valence-corrected chi connectivity index (χ3v) is 2.38. The Labute approximate surface area is 104 Å². The van der Waals surface area contributed by atoms with Crippen LogP contribution in [0, 0.1) is 5.92 Å². The Bertz CT molecular complexity index is 184. The van der Waals surface area contributed by atoms with Gasteiger partial charge in [-0.3, -0.25) is 4.79 Å². The van der Waals surface area contributed by atoms with E-state index in [1.54, 1.807) is 0 Å². The van der Waals surface area contributed by atoms with Crippen LogP contribution in [0.5, 0.6) is 0 Å². The molecule has 0 bridgehead atoms. The third kappa shape index (κ3) is 9.93. The SMILES string of the molecule is CNCCCCNCCCNC(=O)C(C)C.[HH].[HH].[HH]. The predicted molar refractivity (Wildman–Crippen MR) is 74.8 cm³/mol. The molecule has 0 aliphatic heterocycles. The number of amides is 1. The Kier molecular flexibility index (Phi) is 10.5. The maximum absolute atomic E-state index is 11.2. The smallest absolute Gasteiger partial charge is 0.222 e. The van der Waals surface area contributed by atoms with E-state index >= 15 is 0 Å². The molecule has 0 atom stereocenters. The average molecular weight is 235 g/mol. The minimum atomic E-state index is 0.